The lowest BCUT2D eigenvalue weighted by molar-refractivity contribution is 0.104. The zero-order valence-electron chi connectivity index (χ0n) is 11.4. The predicted molar refractivity (Wildman–Crippen MR) is 82.4 cm³/mol. The molecule has 1 heterocycles. The maximum absolute atomic E-state index is 12.1. The number of hydrogen-bond acceptors (Lipinski definition) is 4. The van der Waals surface area contributed by atoms with Gasteiger partial charge in [0, 0.05) is 22.9 Å². The van der Waals surface area contributed by atoms with Crippen LogP contribution in [0.15, 0.2) is 53.7 Å². The number of aromatic nitrogens is 1. The van der Waals surface area contributed by atoms with Crippen molar-refractivity contribution in [1.29, 1.82) is 0 Å². The molecule has 102 valence electrons. The molecule has 2 rings (SSSR count). The van der Waals surface area contributed by atoms with Crippen molar-refractivity contribution in [3.8, 4) is 5.75 Å². The Morgan fingerprint density at radius 3 is 2.85 bits per heavy atom. The molecule has 0 fully saturated rings. The van der Waals surface area contributed by atoms with Crippen molar-refractivity contribution in [1.82, 2.24) is 4.98 Å². The summed E-state index contributed by atoms with van der Waals surface area (Å²) in [6.45, 7) is 0. The van der Waals surface area contributed by atoms with Crippen LogP contribution in [0.4, 0.5) is 0 Å². The van der Waals surface area contributed by atoms with Gasteiger partial charge in [-0.1, -0.05) is 6.07 Å². The van der Waals surface area contributed by atoms with Gasteiger partial charge in [0.15, 0.2) is 5.78 Å². The molecule has 0 N–H and O–H groups in total. The van der Waals surface area contributed by atoms with E-state index in [0.717, 1.165) is 16.2 Å². The molecule has 0 radical (unpaired) electrons. The van der Waals surface area contributed by atoms with Gasteiger partial charge < -0.3 is 4.74 Å². The minimum atomic E-state index is -0.0557. The van der Waals surface area contributed by atoms with E-state index >= 15 is 0 Å². The van der Waals surface area contributed by atoms with Gasteiger partial charge in [-0.3, -0.25) is 9.78 Å². The highest BCUT2D eigenvalue weighted by Crippen LogP contribution is 2.28. The number of nitrogens with zero attached hydrogens (tertiary/aromatic N) is 1. The van der Waals surface area contributed by atoms with Crippen LogP contribution in [0, 0.1) is 0 Å². The van der Waals surface area contributed by atoms with Crippen LogP contribution in [0.2, 0.25) is 0 Å². The van der Waals surface area contributed by atoms with Crippen LogP contribution in [-0.4, -0.2) is 24.1 Å². The summed E-state index contributed by atoms with van der Waals surface area (Å²) in [5.41, 5.74) is 1.51. The number of carbonyl (C=O) groups is 1. The van der Waals surface area contributed by atoms with Gasteiger partial charge in [-0.25, -0.2) is 0 Å². The molecule has 0 saturated heterocycles. The Balaban J connectivity index is 2.19. The highest BCUT2D eigenvalue weighted by molar-refractivity contribution is 7.98. The van der Waals surface area contributed by atoms with Crippen LogP contribution in [0.3, 0.4) is 0 Å². The second-order valence-corrected chi connectivity index (χ2v) is 4.90. The number of rotatable bonds is 5. The maximum Gasteiger partial charge on any atom is 0.185 e. The molecule has 0 aliphatic rings. The molecule has 20 heavy (non-hydrogen) atoms. The minimum absolute atomic E-state index is 0.0557. The molecular formula is C16H15NO2S. The van der Waals surface area contributed by atoms with Crippen molar-refractivity contribution < 1.29 is 9.53 Å². The van der Waals surface area contributed by atoms with E-state index in [-0.39, 0.29) is 5.78 Å². The van der Waals surface area contributed by atoms with Crippen LogP contribution in [0.25, 0.3) is 6.08 Å². The molecule has 0 bridgehead atoms. The van der Waals surface area contributed by atoms with Gasteiger partial charge in [0.1, 0.15) is 5.75 Å². The number of ketones is 1. The largest absolute Gasteiger partial charge is 0.496 e. The number of hydrogen-bond donors (Lipinski definition) is 0. The molecule has 3 nitrogen and oxygen atoms in total. The minimum Gasteiger partial charge on any atom is -0.496 e. The standard InChI is InChI=1S/C16H15NO2S/c1-19-15-10-13(6-8-16(15)20-2)14(18)7-5-12-4-3-9-17-11-12/h3-11H,1-2H3/b7-5-. The summed E-state index contributed by atoms with van der Waals surface area (Å²) in [5.74, 6) is 0.665. The van der Waals surface area contributed by atoms with Gasteiger partial charge >= 0.3 is 0 Å². The molecule has 0 aliphatic carbocycles. The van der Waals surface area contributed by atoms with Gasteiger partial charge in [0.2, 0.25) is 0 Å². The molecular weight excluding hydrogens is 270 g/mol. The lowest BCUT2D eigenvalue weighted by Gasteiger charge is -2.07. The normalized spacial score (nSPS) is 10.7. The lowest BCUT2D eigenvalue weighted by Crippen LogP contribution is -1.96. The van der Waals surface area contributed by atoms with Crippen LogP contribution >= 0.6 is 11.8 Å². The maximum atomic E-state index is 12.1. The summed E-state index contributed by atoms with van der Waals surface area (Å²) in [7, 11) is 1.61. The van der Waals surface area contributed by atoms with Crippen LogP contribution < -0.4 is 4.74 Å². The summed E-state index contributed by atoms with van der Waals surface area (Å²) in [6, 6.07) is 9.20. The number of benzene rings is 1. The fraction of sp³-hybridized carbons (Fsp3) is 0.125. The molecule has 0 aliphatic heterocycles. The first-order valence-electron chi connectivity index (χ1n) is 6.09. The number of allylic oxidation sites excluding steroid dienone is 1. The van der Waals surface area contributed by atoms with Crippen molar-refractivity contribution in [3.63, 3.8) is 0 Å². The average molecular weight is 285 g/mol. The third-order valence-electron chi connectivity index (χ3n) is 2.78. The van der Waals surface area contributed by atoms with Gasteiger partial charge in [0.05, 0.1) is 7.11 Å². The van der Waals surface area contributed by atoms with E-state index in [9.17, 15) is 4.79 Å². The Labute approximate surface area is 122 Å². The van der Waals surface area contributed by atoms with Gasteiger partial charge in [0.25, 0.3) is 0 Å². The first kappa shape index (κ1) is 14.3. The van der Waals surface area contributed by atoms with Crippen molar-refractivity contribution in [2.75, 3.05) is 13.4 Å². The van der Waals surface area contributed by atoms with E-state index < -0.39 is 0 Å². The number of thioether (sulfide) groups is 1. The van der Waals surface area contributed by atoms with Gasteiger partial charge in [-0.15, -0.1) is 11.8 Å². The molecule has 0 spiro atoms. The highest BCUT2D eigenvalue weighted by Gasteiger charge is 2.07. The molecule has 1 aromatic heterocycles. The Morgan fingerprint density at radius 2 is 2.20 bits per heavy atom. The molecule has 0 atom stereocenters. The quantitative estimate of drug-likeness (QED) is 0.477. The third-order valence-corrected chi connectivity index (χ3v) is 3.56. The Hall–Kier alpha value is -2.07. The van der Waals surface area contributed by atoms with E-state index in [4.69, 9.17) is 4.74 Å². The van der Waals surface area contributed by atoms with Crippen LogP contribution in [0.1, 0.15) is 15.9 Å². The predicted octanol–water partition coefficient (Wildman–Crippen LogP) is 3.71. The van der Waals surface area contributed by atoms with Crippen molar-refractivity contribution >= 4 is 23.6 Å². The van der Waals surface area contributed by atoms with E-state index in [1.807, 2.05) is 30.5 Å². The smallest absolute Gasteiger partial charge is 0.185 e. The Kier molecular flexibility index (Phi) is 4.96. The Bertz CT molecular complexity index is 624. The molecule has 0 unspecified atom stereocenters. The van der Waals surface area contributed by atoms with E-state index in [2.05, 4.69) is 4.98 Å². The summed E-state index contributed by atoms with van der Waals surface area (Å²) in [4.78, 5) is 17.1. The highest BCUT2D eigenvalue weighted by atomic mass is 32.2. The number of ether oxygens (including phenoxy) is 1. The SMILES string of the molecule is COc1cc(C(=O)/C=C\c2cccnc2)ccc1SC. The average Bonchev–Trinajstić information content (AvgIpc) is 2.52. The molecule has 1 aromatic carbocycles. The third kappa shape index (κ3) is 3.48. The number of pyridine rings is 1. The van der Waals surface area contributed by atoms with Crippen molar-refractivity contribution in [3.05, 3.63) is 59.9 Å². The number of methoxy groups -OCH3 is 1. The summed E-state index contributed by atoms with van der Waals surface area (Å²) in [6.07, 6.45) is 8.68. The van der Waals surface area contributed by atoms with Crippen LogP contribution in [-0.2, 0) is 0 Å². The summed E-state index contributed by atoms with van der Waals surface area (Å²) >= 11 is 1.59. The lowest BCUT2D eigenvalue weighted by atomic mass is 10.1. The number of carbonyl (C=O) groups excluding carboxylic acids is 1. The zero-order chi connectivity index (χ0) is 14.4. The second-order valence-electron chi connectivity index (χ2n) is 4.05. The zero-order valence-corrected chi connectivity index (χ0v) is 12.2. The van der Waals surface area contributed by atoms with Crippen LogP contribution in [0.5, 0.6) is 5.75 Å². The topological polar surface area (TPSA) is 39.2 Å². The van der Waals surface area contributed by atoms with Crippen molar-refractivity contribution in [2.24, 2.45) is 0 Å². The second kappa shape index (κ2) is 6.91. The summed E-state index contributed by atoms with van der Waals surface area (Å²) < 4.78 is 5.28. The molecule has 4 heteroatoms. The first-order valence-corrected chi connectivity index (χ1v) is 7.31. The van der Waals surface area contributed by atoms with Crippen molar-refractivity contribution in [2.45, 2.75) is 4.90 Å². The molecule has 0 amide bonds. The fourth-order valence-electron chi connectivity index (χ4n) is 1.73. The van der Waals surface area contributed by atoms with E-state index in [1.165, 1.54) is 0 Å². The van der Waals surface area contributed by atoms with E-state index in [0.29, 0.717) is 5.56 Å². The first-order chi connectivity index (χ1) is 9.74. The van der Waals surface area contributed by atoms with Gasteiger partial charge in [-0.05, 0) is 48.2 Å². The summed E-state index contributed by atoms with van der Waals surface area (Å²) in [5, 5.41) is 0. The Morgan fingerprint density at radius 1 is 1.35 bits per heavy atom. The molecule has 0 saturated carbocycles. The van der Waals surface area contributed by atoms with E-state index in [1.54, 1.807) is 49.5 Å². The monoisotopic (exact) mass is 285 g/mol. The van der Waals surface area contributed by atoms with Gasteiger partial charge in [-0.2, -0.15) is 0 Å². The fourth-order valence-corrected chi connectivity index (χ4v) is 2.28. The molecule has 2 aromatic rings.